The van der Waals surface area contributed by atoms with Crippen molar-refractivity contribution in [2.75, 3.05) is 0 Å². The summed E-state index contributed by atoms with van der Waals surface area (Å²) in [7, 11) is 0. The molecule has 0 spiro atoms. The van der Waals surface area contributed by atoms with Gasteiger partial charge in [-0.3, -0.25) is 4.79 Å². The Balaban J connectivity index is 2.35. The van der Waals surface area contributed by atoms with E-state index in [1.54, 1.807) is 6.92 Å². The van der Waals surface area contributed by atoms with Crippen LogP contribution in [0.2, 0.25) is 0 Å². The molecule has 1 N–H and O–H groups in total. The molecular weight excluding hydrogens is 138 g/mol. The maximum atomic E-state index is 10.7. The number of hydrogen-bond acceptors (Lipinski definition) is 1. The third-order valence-corrected chi connectivity index (χ3v) is 2.50. The highest BCUT2D eigenvalue weighted by atomic mass is 16.1. The van der Waals surface area contributed by atoms with Gasteiger partial charge in [0, 0.05) is 13.0 Å². The van der Waals surface area contributed by atoms with Crippen LogP contribution >= 0.6 is 0 Å². The number of hydrogen-bond donors (Lipinski definition) is 1. The van der Waals surface area contributed by atoms with Gasteiger partial charge >= 0.3 is 0 Å². The van der Waals surface area contributed by atoms with Gasteiger partial charge in [0.15, 0.2) is 0 Å². The smallest absolute Gasteiger partial charge is 0.217 e. The van der Waals surface area contributed by atoms with Crippen LogP contribution in [0.5, 0.6) is 0 Å². The minimum Gasteiger partial charge on any atom is -0.353 e. The lowest BCUT2D eigenvalue weighted by atomic mass is 9.86. The highest BCUT2D eigenvalue weighted by molar-refractivity contribution is 5.73. The Bertz CT molecular complexity index is 144. The van der Waals surface area contributed by atoms with Crippen molar-refractivity contribution in [1.29, 1.82) is 0 Å². The van der Waals surface area contributed by atoms with Crippen molar-refractivity contribution in [3.63, 3.8) is 0 Å². The molecule has 0 radical (unpaired) electrons. The largest absolute Gasteiger partial charge is 0.353 e. The first-order chi connectivity index (χ1) is 5.20. The average Bonchev–Trinajstić information content (AvgIpc) is 1.93. The summed E-state index contributed by atoms with van der Waals surface area (Å²) in [6, 6.07) is 0.446. The summed E-state index contributed by atoms with van der Waals surface area (Å²) in [4.78, 5) is 10.7. The van der Waals surface area contributed by atoms with E-state index in [9.17, 15) is 4.79 Å². The van der Waals surface area contributed by atoms with E-state index in [2.05, 4.69) is 12.2 Å². The van der Waals surface area contributed by atoms with Crippen molar-refractivity contribution in [2.45, 2.75) is 45.6 Å². The quantitative estimate of drug-likeness (QED) is 0.613. The summed E-state index contributed by atoms with van der Waals surface area (Å²) in [5.41, 5.74) is 0. The molecule has 2 heteroatoms. The molecule has 0 aliphatic heterocycles. The van der Waals surface area contributed by atoms with Gasteiger partial charge in [0.05, 0.1) is 0 Å². The molecule has 2 nitrogen and oxygen atoms in total. The molecular formula is C9H17NO. The lowest BCUT2D eigenvalue weighted by Crippen LogP contribution is -2.39. The second-order valence-corrected chi connectivity index (χ2v) is 3.57. The highest BCUT2D eigenvalue weighted by Gasteiger charge is 2.21. The molecule has 1 aliphatic carbocycles. The van der Waals surface area contributed by atoms with Crippen molar-refractivity contribution >= 4 is 5.91 Å². The second-order valence-electron chi connectivity index (χ2n) is 3.57. The molecule has 1 unspecified atom stereocenters. The minimum atomic E-state index is 0.115. The van der Waals surface area contributed by atoms with E-state index in [-0.39, 0.29) is 5.91 Å². The van der Waals surface area contributed by atoms with E-state index in [0.717, 1.165) is 0 Å². The normalized spacial score (nSPS) is 31.5. The zero-order chi connectivity index (χ0) is 8.27. The van der Waals surface area contributed by atoms with Gasteiger partial charge < -0.3 is 5.32 Å². The maximum Gasteiger partial charge on any atom is 0.217 e. The summed E-state index contributed by atoms with van der Waals surface area (Å²) < 4.78 is 0. The Hall–Kier alpha value is -0.530. The van der Waals surface area contributed by atoms with Gasteiger partial charge in [-0.25, -0.2) is 0 Å². The van der Waals surface area contributed by atoms with Crippen molar-refractivity contribution < 1.29 is 4.79 Å². The summed E-state index contributed by atoms with van der Waals surface area (Å²) in [6.07, 6.45) is 5.04. The van der Waals surface area contributed by atoms with Crippen molar-refractivity contribution in [2.24, 2.45) is 5.92 Å². The SMILES string of the molecule is CC(=O)N[C@@H]1CCCCC1C. The summed E-state index contributed by atoms with van der Waals surface area (Å²) in [5.74, 6) is 0.788. The number of rotatable bonds is 1. The first kappa shape index (κ1) is 8.57. The van der Waals surface area contributed by atoms with Crippen LogP contribution in [0.1, 0.15) is 39.5 Å². The molecule has 1 amide bonds. The van der Waals surface area contributed by atoms with Crippen LogP contribution in [0.4, 0.5) is 0 Å². The van der Waals surface area contributed by atoms with Gasteiger partial charge in [-0.1, -0.05) is 19.8 Å². The maximum absolute atomic E-state index is 10.7. The summed E-state index contributed by atoms with van der Waals surface area (Å²) in [5, 5.41) is 2.99. The molecule has 64 valence electrons. The van der Waals surface area contributed by atoms with Gasteiger partial charge in [-0.05, 0) is 18.8 Å². The molecule has 1 saturated carbocycles. The molecule has 11 heavy (non-hydrogen) atoms. The standard InChI is InChI=1S/C9H17NO/c1-7-5-3-4-6-9(7)10-8(2)11/h7,9H,3-6H2,1-2H3,(H,10,11)/t7?,9-/m1/s1. The molecule has 0 aromatic rings. The lowest BCUT2D eigenvalue weighted by Gasteiger charge is -2.28. The van der Waals surface area contributed by atoms with E-state index < -0.39 is 0 Å². The van der Waals surface area contributed by atoms with Crippen LogP contribution in [-0.2, 0) is 4.79 Å². The van der Waals surface area contributed by atoms with E-state index in [4.69, 9.17) is 0 Å². The molecule has 1 rings (SSSR count). The van der Waals surface area contributed by atoms with Crippen LogP contribution < -0.4 is 5.32 Å². The summed E-state index contributed by atoms with van der Waals surface area (Å²) in [6.45, 7) is 3.82. The number of amides is 1. The molecule has 0 saturated heterocycles. The fraction of sp³-hybridized carbons (Fsp3) is 0.889. The molecule has 0 aromatic carbocycles. The van der Waals surface area contributed by atoms with Crippen LogP contribution in [0.25, 0.3) is 0 Å². The topological polar surface area (TPSA) is 29.1 Å². The Morgan fingerprint density at radius 1 is 1.36 bits per heavy atom. The van der Waals surface area contributed by atoms with Gasteiger partial charge in [-0.2, -0.15) is 0 Å². The number of nitrogens with one attached hydrogen (secondary N) is 1. The van der Waals surface area contributed by atoms with Gasteiger partial charge in [0.25, 0.3) is 0 Å². The predicted molar refractivity (Wildman–Crippen MR) is 45.2 cm³/mol. The van der Waals surface area contributed by atoms with E-state index in [1.165, 1.54) is 25.7 Å². The monoisotopic (exact) mass is 155 g/mol. The molecule has 0 aromatic heterocycles. The van der Waals surface area contributed by atoms with Crippen molar-refractivity contribution in [3.05, 3.63) is 0 Å². The fourth-order valence-electron chi connectivity index (χ4n) is 1.79. The Kier molecular flexibility index (Phi) is 2.92. The highest BCUT2D eigenvalue weighted by Crippen LogP contribution is 2.23. The summed E-state index contributed by atoms with van der Waals surface area (Å²) >= 11 is 0. The molecule has 1 aliphatic rings. The first-order valence-corrected chi connectivity index (χ1v) is 4.47. The molecule has 1 fully saturated rings. The fourth-order valence-corrected chi connectivity index (χ4v) is 1.79. The van der Waals surface area contributed by atoms with Crippen LogP contribution in [0.3, 0.4) is 0 Å². The van der Waals surface area contributed by atoms with Crippen LogP contribution in [0.15, 0.2) is 0 Å². The van der Waals surface area contributed by atoms with Crippen LogP contribution in [-0.4, -0.2) is 11.9 Å². The third-order valence-electron chi connectivity index (χ3n) is 2.50. The number of carbonyl (C=O) groups is 1. The number of carbonyl (C=O) groups excluding carboxylic acids is 1. The molecule has 0 heterocycles. The third kappa shape index (κ3) is 2.52. The molecule has 2 atom stereocenters. The lowest BCUT2D eigenvalue weighted by molar-refractivity contribution is -0.120. The van der Waals surface area contributed by atoms with Gasteiger partial charge in [0.2, 0.25) is 5.91 Å². The predicted octanol–water partition coefficient (Wildman–Crippen LogP) is 1.70. The zero-order valence-electron chi connectivity index (χ0n) is 7.39. The van der Waals surface area contributed by atoms with Crippen molar-refractivity contribution in [1.82, 2.24) is 5.32 Å². The minimum absolute atomic E-state index is 0.115. The second kappa shape index (κ2) is 3.74. The van der Waals surface area contributed by atoms with Gasteiger partial charge in [-0.15, -0.1) is 0 Å². The Labute approximate surface area is 68.4 Å². The zero-order valence-corrected chi connectivity index (χ0v) is 7.39. The van der Waals surface area contributed by atoms with E-state index in [0.29, 0.717) is 12.0 Å². The first-order valence-electron chi connectivity index (χ1n) is 4.47. The van der Waals surface area contributed by atoms with Crippen LogP contribution in [0, 0.1) is 5.92 Å². The average molecular weight is 155 g/mol. The van der Waals surface area contributed by atoms with E-state index >= 15 is 0 Å². The van der Waals surface area contributed by atoms with Gasteiger partial charge in [0.1, 0.15) is 0 Å². The Morgan fingerprint density at radius 3 is 2.55 bits per heavy atom. The molecule has 0 bridgehead atoms. The van der Waals surface area contributed by atoms with Crippen molar-refractivity contribution in [3.8, 4) is 0 Å². The Morgan fingerprint density at radius 2 is 2.00 bits per heavy atom. The van der Waals surface area contributed by atoms with E-state index in [1.807, 2.05) is 0 Å².